The van der Waals surface area contributed by atoms with Crippen LogP contribution in [0.2, 0.25) is 0 Å². The molecule has 1 fully saturated rings. The van der Waals surface area contributed by atoms with Gasteiger partial charge >= 0.3 is 0 Å². The first-order valence-electron chi connectivity index (χ1n) is 9.37. The molecular weight excluding hydrogens is 324 g/mol. The van der Waals surface area contributed by atoms with E-state index in [-0.39, 0.29) is 11.5 Å². The Morgan fingerprint density at radius 3 is 2.58 bits per heavy atom. The third kappa shape index (κ3) is 3.98. The number of benzene rings is 1. The molecule has 0 bridgehead atoms. The average molecular weight is 354 g/mol. The molecule has 0 amide bonds. The molecule has 26 heavy (non-hydrogen) atoms. The zero-order valence-corrected chi connectivity index (χ0v) is 16.5. The van der Waals surface area contributed by atoms with Crippen LogP contribution in [0.25, 0.3) is 11.3 Å². The summed E-state index contributed by atoms with van der Waals surface area (Å²) < 4.78 is 6.02. The molecule has 0 saturated carbocycles. The van der Waals surface area contributed by atoms with E-state index in [0.717, 1.165) is 42.6 Å². The minimum atomic E-state index is -0.0120. The average Bonchev–Trinajstić information content (AvgIpc) is 2.53. The van der Waals surface area contributed by atoms with E-state index in [4.69, 9.17) is 15.5 Å². The van der Waals surface area contributed by atoms with Gasteiger partial charge in [0.1, 0.15) is 5.75 Å². The SMILES string of the molecule is CC(C)Oc1ccc(-c2ccnc(N3CC(CN)C3)n2)cc1C(C)(C)C. The van der Waals surface area contributed by atoms with Gasteiger partial charge < -0.3 is 15.4 Å². The molecule has 0 atom stereocenters. The first kappa shape index (κ1) is 18.6. The van der Waals surface area contributed by atoms with Crippen LogP contribution < -0.4 is 15.4 Å². The van der Waals surface area contributed by atoms with Crippen molar-refractivity contribution < 1.29 is 4.74 Å². The van der Waals surface area contributed by atoms with Crippen molar-refractivity contribution in [3.8, 4) is 17.0 Å². The minimum absolute atomic E-state index is 0.0120. The topological polar surface area (TPSA) is 64.3 Å². The van der Waals surface area contributed by atoms with Crippen molar-refractivity contribution in [3.63, 3.8) is 0 Å². The zero-order valence-electron chi connectivity index (χ0n) is 16.5. The highest BCUT2D eigenvalue weighted by Gasteiger charge is 2.27. The van der Waals surface area contributed by atoms with Gasteiger partial charge in [-0.1, -0.05) is 20.8 Å². The third-order valence-corrected chi connectivity index (χ3v) is 4.66. The van der Waals surface area contributed by atoms with E-state index >= 15 is 0 Å². The lowest BCUT2D eigenvalue weighted by atomic mass is 9.85. The maximum absolute atomic E-state index is 6.02. The smallest absolute Gasteiger partial charge is 0.225 e. The maximum Gasteiger partial charge on any atom is 0.225 e. The van der Waals surface area contributed by atoms with E-state index in [0.29, 0.717) is 5.92 Å². The van der Waals surface area contributed by atoms with Gasteiger partial charge in [0.15, 0.2) is 0 Å². The molecule has 1 aliphatic rings. The highest BCUT2D eigenvalue weighted by molar-refractivity contribution is 5.64. The summed E-state index contributed by atoms with van der Waals surface area (Å²) in [7, 11) is 0. The van der Waals surface area contributed by atoms with Crippen molar-refractivity contribution in [2.24, 2.45) is 11.7 Å². The molecule has 2 heterocycles. The van der Waals surface area contributed by atoms with E-state index < -0.39 is 0 Å². The standard InChI is InChI=1S/C21H30N4O/c1-14(2)26-19-7-6-16(10-17(19)21(3,4)5)18-8-9-23-20(24-18)25-12-15(11-22)13-25/h6-10,14-15H,11-13,22H2,1-5H3. The van der Waals surface area contributed by atoms with Gasteiger partial charge in [0, 0.05) is 36.3 Å². The fourth-order valence-corrected chi connectivity index (χ4v) is 3.18. The van der Waals surface area contributed by atoms with E-state index in [1.807, 2.05) is 12.3 Å². The van der Waals surface area contributed by atoms with Crippen molar-refractivity contribution in [2.45, 2.75) is 46.1 Å². The maximum atomic E-state index is 6.02. The molecule has 5 nitrogen and oxygen atoms in total. The van der Waals surface area contributed by atoms with Crippen molar-refractivity contribution in [2.75, 3.05) is 24.5 Å². The predicted molar refractivity (Wildman–Crippen MR) is 107 cm³/mol. The number of rotatable bonds is 5. The van der Waals surface area contributed by atoms with Crippen molar-refractivity contribution in [1.29, 1.82) is 0 Å². The van der Waals surface area contributed by atoms with Gasteiger partial charge in [0.2, 0.25) is 5.95 Å². The molecule has 2 aromatic rings. The molecule has 3 rings (SSSR count). The Balaban J connectivity index is 1.92. The second-order valence-electron chi connectivity index (χ2n) is 8.38. The Kier molecular flexibility index (Phi) is 5.19. The molecule has 1 saturated heterocycles. The summed E-state index contributed by atoms with van der Waals surface area (Å²) in [6.45, 7) is 13.3. The van der Waals surface area contributed by atoms with Crippen LogP contribution in [-0.2, 0) is 5.41 Å². The summed E-state index contributed by atoms with van der Waals surface area (Å²) >= 11 is 0. The first-order valence-corrected chi connectivity index (χ1v) is 9.37. The van der Waals surface area contributed by atoms with Crippen LogP contribution in [0.4, 0.5) is 5.95 Å². The number of anilines is 1. The number of nitrogens with zero attached hydrogens (tertiary/aromatic N) is 3. The molecule has 1 aromatic carbocycles. The fraction of sp³-hybridized carbons (Fsp3) is 0.524. The first-order chi connectivity index (χ1) is 12.3. The monoisotopic (exact) mass is 354 g/mol. The van der Waals surface area contributed by atoms with Crippen LogP contribution >= 0.6 is 0 Å². The van der Waals surface area contributed by atoms with Gasteiger partial charge in [-0.05, 0) is 50.1 Å². The Morgan fingerprint density at radius 1 is 1.23 bits per heavy atom. The van der Waals surface area contributed by atoms with Gasteiger partial charge in [-0.15, -0.1) is 0 Å². The van der Waals surface area contributed by atoms with Gasteiger partial charge in [-0.2, -0.15) is 0 Å². The summed E-state index contributed by atoms with van der Waals surface area (Å²) in [4.78, 5) is 11.4. The summed E-state index contributed by atoms with van der Waals surface area (Å²) in [5, 5.41) is 0. The molecule has 0 radical (unpaired) electrons. The van der Waals surface area contributed by atoms with E-state index in [9.17, 15) is 0 Å². The van der Waals surface area contributed by atoms with Crippen LogP contribution in [0.15, 0.2) is 30.5 Å². The Hall–Kier alpha value is -2.14. The number of nitrogens with two attached hydrogens (primary N) is 1. The van der Waals surface area contributed by atoms with E-state index in [2.05, 4.69) is 62.7 Å². The molecule has 1 aromatic heterocycles. The molecule has 0 aliphatic carbocycles. The zero-order chi connectivity index (χ0) is 18.9. The lowest BCUT2D eigenvalue weighted by Gasteiger charge is -2.38. The second kappa shape index (κ2) is 7.23. The molecule has 2 N–H and O–H groups in total. The molecule has 140 valence electrons. The third-order valence-electron chi connectivity index (χ3n) is 4.66. The van der Waals surface area contributed by atoms with E-state index in [1.165, 1.54) is 5.56 Å². The van der Waals surface area contributed by atoms with E-state index in [1.54, 1.807) is 0 Å². The lowest BCUT2D eigenvalue weighted by Crippen LogP contribution is -2.50. The van der Waals surface area contributed by atoms with Crippen LogP contribution in [-0.4, -0.2) is 35.7 Å². The number of hydrogen-bond acceptors (Lipinski definition) is 5. The fourth-order valence-electron chi connectivity index (χ4n) is 3.18. The van der Waals surface area contributed by atoms with Crippen LogP contribution in [0.3, 0.4) is 0 Å². The summed E-state index contributed by atoms with van der Waals surface area (Å²) in [5.74, 6) is 2.29. The van der Waals surface area contributed by atoms with Gasteiger partial charge in [-0.25, -0.2) is 9.97 Å². The molecule has 1 aliphatic heterocycles. The van der Waals surface area contributed by atoms with Gasteiger partial charge in [-0.3, -0.25) is 0 Å². The van der Waals surface area contributed by atoms with Crippen LogP contribution in [0.5, 0.6) is 5.75 Å². The summed E-state index contributed by atoms with van der Waals surface area (Å²) in [5.41, 5.74) is 8.93. The van der Waals surface area contributed by atoms with Crippen molar-refractivity contribution in [1.82, 2.24) is 9.97 Å². The molecule has 5 heteroatoms. The summed E-state index contributed by atoms with van der Waals surface area (Å²) in [6, 6.07) is 8.31. The molecule has 0 spiro atoms. The Morgan fingerprint density at radius 2 is 1.96 bits per heavy atom. The van der Waals surface area contributed by atoms with Crippen molar-refractivity contribution in [3.05, 3.63) is 36.0 Å². The lowest BCUT2D eigenvalue weighted by molar-refractivity contribution is 0.236. The molecular formula is C21H30N4O. The number of aromatic nitrogens is 2. The predicted octanol–water partition coefficient (Wildman–Crippen LogP) is 3.62. The normalized spacial score (nSPS) is 15.3. The number of hydrogen-bond donors (Lipinski definition) is 1. The number of ether oxygens (including phenoxy) is 1. The highest BCUT2D eigenvalue weighted by atomic mass is 16.5. The Labute approximate surface area is 156 Å². The Bertz CT molecular complexity index is 761. The second-order valence-corrected chi connectivity index (χ2v) is 8.38. The van der Waals surface area contributed by atoms with Crippen LogP contribution in [0, 0.1) is 5.92 Å². The van der Waals surface area contributed by atoms with Crippen LogP contribution in [0.1, 0.15) is 40.2 Å². The minimum Gasteiger partial charge on any atom is -0.491 e. The highest BCUT2D eigenvalue weighted by Crippen LogP contribution is 2.35. The summed E-state index contributed by atoms with van der Waals surface area (Å²) in [6.07, 6.45) is 1.98. The van der Waals surface area contributed by atoms with Gasteiger partial charge in [0.25, 0.3) is 0 Å². The quantitative estimate of drug-likeness (QED) is 0.888. The van der Waals surface area contributed by atoms with Crippen molar-refractivity contribution >= 4 is 5.95 Å². The van der Waals surface area contributed by atoms with Gasteiger partial charge in [0.05, 0.1) is 11.8 Å². The molecule has 0 unspecified atom stereocenters. The largest absolute Gasteiger partial charge is 0.491 e.